The number of carboxylic acids is 1. The zero-order valence-electron chi connectivity index (χ0n) is 11.7. The maximum atomic E-state index is 10.8. The number of hydrogen-bond acceptors (Lipinski definition) is 2. The van der Waals surface area contributed by atoms with Gasteiger partial charge in [-0.2, -0.15) is 0 Å². The molecule has 4 fully saturated rings. The van der Waals surface area contributed by atoms with Crippen LogP contribution in [0.15, 0.2) is 12.4 Å². The minimum atomic E-state index is -0.732. The van der Waals surface area contributed by atoms with Gasteiger partial charge in [0, 0.05) is 24.9 Å². The molecule has 4 nitrogen and oxygen atoms in total. The lowest BCUT2D eigenvalue weighted by Gasteiger charge is -2.54. The molecule has 0 radical (unpaired) electrons. The molecule has 0 aromatic carbocycles. The van der Waals surface area contributed by atoms with Crippen molar-refractivity contribution in [2.45, 2.75) is 51.0 Å². The summed E-state index contributed by atoms with van der Waals surface area (Å²) in [5.41, 5.74) is 0. The van der Waals surface area contributed by atoms with Crippen molar-refractivity contribution < 1.29 is 9.90 Å². The molecule has 0 amide bonds. The highest BCUT2D eigenvalue weighted by Crippen LogP contribution is 2.58. The van der Waals surface area contributed by atoms with Gasteiger partial charge in [0.25, 0.3) is 0 Å². The van der Waals surface area contributed by atoms with E-state index in [-0.39, 0.29) is 6.42 Å². The summed E-state index contributed by atoms with van der Waals surface area (Å²) in [6, 6.07) is 0.592. The molecule has 1 heterocycles. The van der Waals surface area contributed by atoms with Crippen LogP contribution >= 0.6 is 0 Å². The van der Waals surface area contributed by atoms with Gasteiger partial charge in [0.05, 0.1) is 6.42 Å². The number of aromatic nitrogens is 2. The van der Waals surface area contributed by atoms with E-state index < -0.39 is 5.97 Å². The molecule has 1 N–H and O–H groups in total. The predicted molar refractivity (Wildman–Crippen MR) is 74.3 cm³/mol. The molecule has 4 heteroatoms. The summed E-state index contributed by atoms with van der Waals surface area (Å²) in [4.78, 5) is 15.2. The van der Waals surface area contributed by atoms with Crippen LogP contribution in [-0.4, -0.2) is 20.6 Å². The summed E-state index contributed by atoms with van der Waals surface area (Å²) >= 11 is 0. The molecule has 0 atom stereocenters. The Labute approximate surface area is 119 Å². The first-order chi connectivity index (χ1) is 9.70. The number of aryl methyl sites for hydroxylation is 1. The van der Waals surface area contributed by atoms with E-state index in [1.807, 2.05) is 6.20 Å². The monoisotopic (exact) mass is 274 g/mol. The van der Waals surface area contributed by atoms with Crippen LogP contribution in [0.2, 0.25) is 0 Å². The smallest absolute Gasteiger partial charge is 0.303 e. The van der Waals surface area contributed by atoms with Gasteiger partial charge in [-0.25, -0.2) is 4.98 Å². The van der Waals surface area contributed by atoms with E-state index in [0.717, 1.165) is 29.5 Å². The van der Waals surface area contributed by atoms with Gasteiger partial charge in [-0.15, -0.1) is 0 Å². The van der Waals surface area contributed by atoms with Crippen molar-refractivity contribution in [2.24, 2.45) is 23.7 Å². The Balaban J connectivity index is 1.58. The molecule has 4 saturated carbocycles. The van der Waals surface area contributed by atoms with Crippen molar-refractivity contribution >= 4 is 5.97 Å². The van der Waals surface area contributed by atoms with E-state index in [2.05, 4.69) is 15.7 Å². The molecule has 0 unspecified atom stereocenters. The molecule has 4 aliphatic carbocycles. The second kappa shape index (κ2) is 4.61. The third-order valence-electron chi connectivity index (χ3n) is 5.81. The van der Waals surface area contributed by atoms with Crippen molar-refractivity contribution in [3.8, 4) is 0 Å². The van der Waals surface area contributed by atoms with Crippen molar-refractivity contribution in [3.05, 3.63) is 18.2 Å². The highest BCUT2D eigenvalue weighted by molar-refractivity contribution is 5.66. The SMILES string of the molecule is O=C(O)CCc1nccn1C1C2CC3CC(C2)CC1C3. The molecular weight excluding hydrogens is 252 g/mol. The minimum Gasteiger partial charge on any atom is -0.481 e. The van der Waals surface area contributed by atoms with Crippen LogP contribution in [0.3, 0.4) is 0 Å². The zero-order valence-corrected chi connectivity index (χ0v) is 11.7. The standard InChI is InChI=1S/C16H22N2O2/c19-15(20)2-1-14-17-3-4-18(14)16-12-6-10-5-11(8-12)9-13(16)7-10/h3-4,10-13,16H,1-2,5-9H2,(H,19,20). The molecule has 1 aromatic heterocycles. The van der Waals surface area contributed by atoms with E-state index in [1.54, 1.807) is 0 Å². The molecule has 1 aromatic rings. The first-order valence-corrected chi connectivity index (χ1v) is 7.94. The average Bonchev–Trinajstić information content (AvgIpc) is 2.83. The highest BCUT2D eigenvalue weighted by atomic mass is 16.4. The quantitative estimate of drug-likeness (QED) is 0.918. The Morgan fingerprint density at radius 1 is 1.20 bits per heavy atom. The number of aliphatic carboxylic acids is 1. The Hall–Kier alpha value is -1.32. The van der Waals surface area contributed by atoms with Crippen LogP contribution in [0.25, 0.3) is 0 Å². The number of imidazole rings is 1. The maximum absolute atomic E-state index is 10.8. The Morgan fingerprint density at radius 2 is 1.85 bits per heavy atom. The number of carbonyl (C=O) groups is 1. The fourth-order valence-corrected chi connectivity index (χ4v) is 5.38. The van der Waals surface area contributed by atoms with E-state index >= 15 is 0 Å². The van der Waals surface area contributed by atoms with Crippen molar-refractivity contribution in [1.29, 1.82) is 0 Å². The molecule has 108 valence electrons. The first kappa shape index (κ1) is 12.4. The van der Waals surface area contributed by atoms with Gasteiger partial charge in [-0.05, 0) is 55.8 Å². The Bertz CT molecular complexity index is 494. The van der Waals surface area contributed by atoms with E-state index in [4.69, 9.17) is 5.11 Å². The first-order valence-electron chi connectivity index (χ1n) is 7.94. The summed E-state index contributed by atoms with van der Waals surface area (Å²) in [7, 11) is 0. The summed E-state index contributed by atoms with van der Waals surface area (Å²) in [5, 5.41) is 8.88. The van der Waals surface area contributed by atoms with Gasteiger partial charge in [0.15, 0.2) is 0 Å². The predicted octanol–water partition coefficient (Wildman–Crippen LogP) is 2.90. The van der Waals surface area contributed by atoms with Crippen LogP contribution < -0.4 is 0 Å². The molecule has 4 aliphatic rings. The van der Waals surface area contributed by atoms with Gasteiger partial charge in [-0.3, -0.25) is 4.79 Å². The zero-order chi connectivity index (χ0) is 13.7. The minimum absolute atomic E-state index is 0.185. The van der Waals surface area contributed by atoms with Gasteiger partial charge in [0.1, 0.15) is 5.82 Å². The van der Waals surface area contributed by atoms with Crippen molar-refractivity contribution in [2.75, 3.05) is 0 Å². The lowest BCUT2D eigenvalue weighted by molar-refractivity contribution is -0.137. The normalized spacial score (nSPS) is 38.3. The molecule has 0 aliphatic heterocycles. The number of hydrogen-bond donors (Lipinski definition) is 1. The van der Waals surface area contributed by atoms with Crippen LogP contribution in [0.4, 0.5) is 0 Å². The van der Waals surface area contributed by atoms with Crippen molar-refractivity contribution in [1.82, 2.24) is 9.55 Å². The topological polar surface area (TPSA) is 55.1 Å². The number of rotatable bonds is 4. The maximum Gasteiger partial charge on any atom is 0.303 e. The van der Waals surface area contributed by atoms with E-state index in [1.165, 1.54) is 32.1 Å². The number of nitrogens with zero attached hydrogens (tertiary/aromatic N) is 2. The summed E-state index contributed by atoms with van der Waals surface area (Å²) in [5.74, 6) is 3.81. The second-order valence-electron chi connectivity index (χ2n) is 7.07. The number of carboxylic acid groups (broad SMARTS) is 1. The fourth-order valence-electron chi connectivity index (χ4n) is 5.38. The third-order valence-corrected chi connectivity index (χ3v) is 5.81. The largest absolute Gasteiger partial charge is 0.481 e. The lowest BCUT2D eigenvalue weighted by Crippen LogP contribution is -2.46. The molecule has 5 rings (SSSR count). The summed E-state index contributed by atoms with van der Waals surface area (Å²) in [6.45, 7) is 0. The van der Waals surface area contributed by atoms with Crippen molar-refractivity contribution in [3.63, 3.8) is 0 Å². The molecular formula is C16H22N2O2. The molecule has 0 spiro atoms. The summed E-state index contributed by atoms with van der Waals surface area (Å²) < 4.78 is 2.33. The summed E-state index contributed by atoms with van der Waals surface area (Å²) in [6.07, 6.45) is 11.7. The Morgan fingerprint density at radius 3 is 2.45 bits per heavy atom. The van der Waals surface area contributed by atoms with E-state index in [9.17, 15) is 4.79 Å². The van der Waals surface area contributed by atoms with E-state index in [0.29, 0.717) is 12.5 Å². The van der Waals surface area contributed by atoms with Crippen LogP contribution in [-0.2, 0) is 11.2 Å². The molecule has 20 heavy (non-hydrogen) atoms. The van der Waals surface area contributed by atoms with Gasteiger partial charge >= 0.3 is 5.97 Å². The lowest BCUT2D eigenvalue weighted by atomic mass is 9.54. The highest BCUT2D eigenvalue weighted by Gasteiger charge is 2.49. The second-order valence-corrected chi connectivity index (χ2v) is 7.07. The van der Waals surface area contributed by atoms with Gasteiger partial charge in [-0.1, -0.05) is 0 Å². The van der Waals surface area contributed by atoms with Crippen LogP contribution in [0.5, 0.6) is 0 Å². The third kappa shape index (κ3) is 1.97. The van der Waals surface area contributed by atoms with Gasteiger partial charge < -0.3 is 9.67 Å². The average molecular weight is 274 g/mol. The fraction of sp³-hybridized carbons (Fsp3) is 0.750. The van der Waals surface area contributed by atoms with Gasteiger partial charge in [0.2, 0.25) is 0 Å². The van der Waals surface area contributed by atoms with Crippen LogP contribution in [0.1, 0.15) is 50.4 Å². The Kier molecular flexibility index (Phi) is 2.86. The van der Waals surface area contributed by atoms with Crippen LogP contribution in [0, 0.1) is 23.7 Å². The molecule has 0 saturated heterocycles. The molecule has 4 bridgehead atoms.